The molecule has 8 heteroatoms. The van der Waals surface area contributed by atoms with Crippen molar-refractivity contribution in [3.8, 4) is 5.82 Å². The Bertz CT molecular complexity index is 1420. The number of aryl methyl sites for hydroxylation is 2. The van der Waals surface area contributed by atoms with Crippen molar-refractivity contribution in [3.05, 3.63) is 81.9 Å². The van der Waals surface area contributed by atoms with Gasteiger partial charge in [-0.1, -0.05) is 12.1 Å². The summed E-state index contributed by atoms with van der Waals surface area (Å²) in [6, 6.07) is 9.96. The number of hydrogen-bond acceptors (Lipinski definition) is 6. The first-order valence-corrected chi connectivity index (χ1v) is 10.6. The number of aromatic nitrogens is 5. The Morgan fingerprint density at radius 3 is 2.81 bits per heavy atom. The molecule has 0 amide bonds. The minimum Gasteiger partial charge on any atom is -0.324 e. The number of hydrogen-bond donors (Lipinski definition) is 1. The lowest BCUT2D eigenvalue weighted by Gasteiger charge is -2.11. The molecule has 5 rings (SSSR count). The van der Waals surface area contributed by atoms with Crippen LogP contribution in [0.5, 0.6) is 0 Å². The van der Waals surface area contributed by atoms with Crippen LogP contribution in [0.2, 0.25) is 0 Å². The molecule has 0 radical (unpaired) electrons. The molecule has 0 saturated heterocycles. The van der Waals surface area contributed by atoms with Crippen molar-refractivity contribution in [3.63, 3.8) is 0 Å². The van der Waals surface area contributed by atoms with Gasteiger partial charge < -0.3 is 5.32 Å². The van der Waals surface area contributed by atoms with Crippen LogP contribution in [0.3, 0.4) is 0 Å². The van der Waals surface area contributed by atoms with E-state index in [-0.39, 0.29) is 5.56 Å². The highest BCUT2D eigenvalue weighted by molar-refractivity contribution is 5.77. The van der Waals surface area contributed by atoms with Crippen molar-refractivity contribution in [1.29, 1.82) is 0 Å². The molecule has 0 fully saturated rings. The summed E-state index contributed by atoms with van der Waals surface area (Å²) in [4.78, 5) is 29.1. The van der Waals surface area contributed by atoms with E-state index in [2.05, 4.69) is 52.9 Å². The van der Waals surface area contributed by atoms with E-state index in [4.69, 9.17) is 4.98 Å². The number of anilines is 2. The van der Waals surface area contributed by atoms with E-state index in [9.17, 15) is 4.79 Å². The second kappa shape index (κ2) is 7.72. The molecule has 1 aliphatic rings. The van der Waals surface area contributed by atoms with Gasteiger partial charge in [0.05, 0.1) is 6.54 Å². The number of pyridine rings is 1. The molecule has 1 aromatic carbocycles. The Hall–Kier alpha value is -3.78. The average Bonchev–Trinajstić information content (AvgIpc) is 3.26. The van der Waals surface area contributed by atoms with E-state index >= 15 is 0 Å². The van der Waals surface area contributed by atoms with Gasteiger partial charge in [-0.3, -0.25) is 9.69 Å². The van der Waals surface area contributed by atoms with Crippen molar-refractivity contribution in [2.24, 2.45) is 0 Å². The van der Waals surface area contributed by atoms with Crippen LogP contribution in [-0.2, 0) is 19.6 Å². The molecular weight excluding hydrogens is 402 g/mol. The number of rotatable bonds is 5. The SMILES string of the molecule is C=CCn1c(=O)c2cnc(Nc3cc(C)c4c(c3)CN(C)C4)nc2n1-c1cccc(C)n1. The third kappa shape index (κ3) is 3.38. The fourth-order valence-electron chi connectivity index (χ4n) is 4.33. The summed E-state index contributed by atoms with van der Waals surface area (Å²) in [5.74, 6) is 1.06. The number of fused-ring (bicyclic) bond motifs is 2. The molecule has 3 aromatic heterocycles. The highest BCUT2D eigenvalue weighted by atomic mass is 16.1. The van der Waals surface area contributed by atoms with Gasteiger partial charge in [0.15, 0.2) is 11.5 Å². The topological polar surface area (TPSA) is 80.9 Å². The fraction of sp³-hybridized carbons (Fsp3) is 0.250. The monoisotopic (exact) mass is 427 g/mol. The standard InChI is InChI=1S/C24H25N7O/c1-5-9-30-23(32)19-12-25-24(28-22(19)31(30)21-8-6-7-16(3)26-21)27-18-10-15(2)20-14-29(4)13-17(20)11-18/h5-8,10-12H,1,9,13-14H2,2-4H3,(H,25,27,28). The lowest BCUT2D eigenvalue weighted by molar-refractivity contribution is 0.353. The molecule has 8 nitrogen and oxygen atoms in total. The van der Waals surface area contributed by atoms with Crippen molar-refractivity contribution in [2.75, 3.05) is 12.4 Å². The summed E-state index contributed by atoms with van der Waals surface area (Å²) < 4.78 is 3.31. The Labute approximate surface area is 185 Å². The first-order valence-electron chi connectivity index (χ1n) is 10.6. The number of benzene rings is 1. The maximum absolute atomic E-state index is 13.0. The lowest BCUT2D eigenvalue weighted by Crippen LogP contribution is -2.22. The molecule has 0 bridgehead atoms. The van der Waals surface area contributed by atoms with Crippen molar-refractivity contribution in [2.45, 2.75) is 33.5 Å². The first-order chi connectivity index (χ1) is 15.4. The van der Waals surface area contributed by atoms with E-state index in [1.165, 1.54) is 16.7 Å². The van der Waals surface area contributed by atoms with Crippen molar-refractivity contribution >= 4 is 22.7 Å². The summed E-state index contributed by atoms with van der Waals surface area (Å²) in [6.45, 7) is 10.1. The molecule has 1 aliphatic heterocycles. The van der Waals surface area contributed by atoms with Crippen LogP contribution in [0.1, 0.15) is 22.4 Å². The molecule has 4 heterocycles. The highest BCUT2D eigenvalue weighted by Gasteiger charge is 2.20. The van der Waals surface area contributed by atoms with Gasteiger partial charge in [-0.25, -0.2) is 19.3 Å². The maximum Gasteiger partial charge on any atom is 0.278 e. The molecule has 32 heavy (non-hydrogen) atoms. The van der Waals surface area contributed by atoms with Gasteiger partial charge in [-0.05, 0) is 61.9 Å². The second-order valence-corrected chi connectivity index (χ2v) is 8.28. The van der Waals surface area contributed by atoms with E-state index in [0.717, 1.165) is 24.5 Å². The molecule has 0 spiro atoms. The van der Waals surface area contributed by atoms with Gasteiger partial charge in [-0.2, -0.15) is 4.98 Å². The number of nitrogens with one attached hydrogen (secondary N) is 1. The molecule has 1 N–H and O–H groups in total. The van der Waals surface area contributed by atoms with Crippen molar-refractivity contribution < 1.29 is 0 Å². The smallest absolute Gasteiger partial charge is 0.278 e. The van der Waals surface area contributed by atoms with Crippen LogP contribution in [-0.4, -0.2) is 36.3 Å². The van der Waals surface area contributed by atoms with Gasteiger partial charge in [-0.15, -0.1) is 6.58 Å². The van der Waals surface area contributed by atoms with E-state index in [1.54, 1.807) is 21.6 Å². The normalized spacial score (nSPS) is 13.5. The molecule has 0 atom stereocenters. The lowest BCUT2D eigenvalue weighted by atomic mass is 10.0. The molecule has 162 valence electrons. The molecule has 0 unspecified atom stereocenters. The average molecular weight is 428 g/mol. The summed E-state index contributed by atoms with van der Waals surface area (Å²) >= 11 is 0. The van der Waals surface area contributed by atoms with Crippen LogP contribution >= 0.6 is 0 Å². The predicted octanol–water partition coefficient (Wildman–Crippen LogP) is 3.47. The van der Waals surface area contributed by atoms with Gasteiger partial charge in [0.2, 0.25) is 5.95 Å². The quantitative estimate of drug-likeness (QED) is 0.491. The van der Waals surface area contributed by atoms with Crippen LogP contribution in [0.15, 0.2) is 54.0 Å². The number of nitrogens with zero attached hydrogens (tertiary/aromatic N) is 6. The minimum atomic E-state index is -0.175. The number of allylic oxidation sites excluding steroid dienone is 1. The van der Waals surface area contributed by atoms with E-state index < -0.39 is 0 Å². The van der Waals surface area contributed by atoms with Crippen LogP contribution in [0.4, 0.5) is 11.6 Å². The maximum atomic E-state index is 13.0. The van der Waals surface area contributed by atoms with Gasteiger partial charge in [0, 0.05) is 30.7 Å². The Morgan fingerprint density at radius 1 is 1.19 bits per heavy atom. The van der Waals surface area contributed by atoms with Gasteiger partial charge >= 0.3 is 0 Å². The van der Waals surface area contributed by atoms with Crippen LogP contribution < -0.4 is 10.9 Å². The van der Waals surface area contributed by atoms with Gasteiger partial charge in [0.25, 0.3) is 5.56 Å². The Balaban J connectivity index is 1.62. The largest absolute Gasteiger partial charge is 0.324 e. The van der Waals surface area contributed by atoms with Crippen molar-refractivity contribution in [1.82, 2.24) is 29.2 Å². The fourth-order valence-corrected chi connectivity index (χ4v) is 4.33. The van der Waals surface area contributed by atoms with E-state index in [0.29, 0.717) is 29.3 Å². The minimum absolute atomic E-state index is 0.175. The summed E-state index contributed by atoms with van der Waals surface area (Å²) in [6.07, 6.45) is 3.26. The Kier molecular flexibility index (Phi) is 4.86. The zero-order chi connectivity index (χ0) is 22.4. The zero-order valence-corrected chi connectivity index (χ0v) is 18.5. The third-order valence-corrected chi connectivity index (χ3v) is 5.76. The van der Waals surface area contributed by atoms with E-state index in [1.807, 2.05) is 25.1 Å². The van der Waals surface area contributed by atoms with Gasteiger partial charge in [0.1, 0.15) is 5.39 Å². The molecule has 4 aromatic rings. The zero-order valence-electron chi connectivity index (χ0n) is 18.5. The third-order valence-electron chi connectivity index (χ3n) is 5.76. The summed E-state index contributed by atoms with van der Waals surface area (Å²) in [5.41, 5.74) is 6.06. The van der Waals surface area contributed by atoms with Crippen LogP contribution in [0, 0.1) is 13.8 Å². The molecule has 0 aliphatic carbocycles. The van der Waals surface area contributed by atoms with Crippen LogP contribution in [0.25, 0.3) is 16.9 Å². The highest BCUT2D eigenvalue weighted by Crippen LogP contribution is 2.29. The first kappa shape index (κ1) is 20.1. The molecule has 0 saturated carbocycles. The predicted molar refractivity (Wildman–Crippen MR) is 125 cm³/mol. The molecular formula is C24H25N7O. The second-order valence-electron chi connectivity index (χ2n) is 8.28. The summed E-state index contributed by atoms with van der Waals surface area (Å²) in [5, 5.41) is 3.76. The Morgan fingerprint density at radius 2 is 2.03 bits per heavy atom. The summed E-state index contributed by atoms with van der Waals surface area (Å²) in [7, 11) is 2.12.